The zero-order chi connectivity index (χ0) is 16.0. The van der Waals surface area contributed by atoms with Crippen LogP contribution in [0.1, 0.15) is 0 Å². The van der Waals surface area contributed by atoms with Crippen LogP contribution >= 0.6 is 36.4 Å². The number of rotatable bonds is 3. The smallest absolute Gasteiger partial charge is 0.0737 e. The molecule has 2 unspecified atom stereocenters. The second-order valence-electron chi connectivity index (χ2n) is 7.30. The Balaban J connectivity index is 0.00000113. The lowest BCUT2D eigenvalue weighted by molar-refractivity contribution is 0.205. The quantitative estimate of drug-likeness (QED) is 0.852. The third-order valence-corrected chi connectivity index (χ3v) is 5.57. The average molecular weight is 404 g/mol. The highest BCUT2D eigenvalue weighted by Crippen LogP contribution is 2.42. The van der Waals surface area contributed by atoms with Crippen LogP contribution in [0.2, 0.25) is 5.02 Å². The summed E-state index contributed by atoms with van der Waals surface area (Å²) in [6.45, 7) is 5.59. The molecule has 0 saturated carbocycles. The van der Waals surface area contributed by atoms with E-state index in [1.165, 1.54) is 11.1 Å². The number of pyridine rings is 1. The van der Waals surface area contributed by atoms with Gasteiger partial charge >= 0.3 is 0 Å². The number of hydrogen-bond donors (Lipinski definition) is 1. The average Bonchev–Trinajstić information content (AvgIpc) is 3.01. The predicted molar refractivity (Wildman–Crippen MR) is 111 cm³/mol. The zero-order valence-electron chi connectivity index (χ0n) is 14.5. The number of hydrogen-bond acceptors (Lipinski definition) is 4. The van der Waals surface area contributed by atoms with Gasteiger partial charge in [-0.05, 0) is 44.3 Å². The van der Waals surface area contributed by atoms with Gasteiger partial charge in [-0.15, -0.1) is 24.8 Å². The van der Waals surface area contributed by atoms with Crippen molar-refractivity contribution in [2.24, 2.45) is 11.3 Å². The molecule has 4 rings (SSSR count). The number of nitrogens with zero attached hydrogens (tertiary/aromatic N) is 3. The summed E-state index contributed by atoms with van der Waals surface area (Å²) in [5.41, 5.74) is 2.62. The summed E-state index contributed by atoms with van der Waals surface area (Å²) in [5, 5.41) is 5.55. The van der Waals surface area contributed by atoms with Crippen molar-refractivity contribution >= 4 is 53.0 Å². The van der Waals surface area contributed by atoms with Crippen LogP contribution in [0.5, 0.6) is 0 Å². The normalized spacial score (nSPS) is 25.0. The molecule has 0 bridgehead atoms. The van der Waals surface area contributed by atoms with Gasteiger partial charge in [-0.2, -0.15) is 0 Å². The van der Waals surface area contributed by atoms with Crippen molar-refractivity contribution in [3.8, 4) is 0 Å². The fourth-order valence-electron chi connectivity index (χ4n) is 4.44. The van der Waals surface area contributed by atoms with E-state index >= 15 is 0 Å². The Morgan fingerprint density at radius 1 is 1.32 bits per heavy atom. The summed E-state index contributed by atoms with van der Waals surface area (Å²) in [4.78, 5) is 9.36. The van der Waals surface area contributed by atoms with Gasteiger partial charge in [0.1, 0.15) is 0 Å². The molecular weight excluding hydrogens is 379 g/mol. The van der Waals surface area contributed by atoms with Crippen LogP contribution in [0.4, 0.5) is 5.69 Å². The maximum Gasteiger partial charge on any atom is 0.0737 e. The Hall–Kier alpha value is -0.780. The van der Waals surface area contributed by atoms with E-state index in [0.29, 0.717) is 11.3 Å². The first kappa shape index (κ1) is 20.5. The van der Waals surface area contributed by atoms with Crippen molar-refractivity contribution in [1.82, 2.24) is 15.2 Å². The van der Waals surface area contributed by atoms with Gasteiger partial charge in [0, 0.05) is 60.4 Å². The van der Waals surface area contributed by atoms with E-state index in [1.807, 2.05) is 18.3 Å². The maximum atomic E-state index is 6.12. The Kier molecular flexibility index (Phi) is 6.45. The van der Waals surface area contributed by atoms with Crippen molar-refractivity contribution in [2.75, 3.05) is 51.7 Å². The first-order valence-electron chi connectivity index (χ1n) is 8.22. The molecule has 0 amide bonds. The molecule has 0 spiro atoms. The molecule has 2 aromatic rings. The van der Waals surface area contributed by atoms with E-state index in [2.05, 4.69) is 46.3 Å². The molecule has 25 heavy (non-hydrogen) atoms. The first-order chi connectivity index (χ1) is 11.1. The number of benzene rings is 1. The largest absolute Gasteiger partial charge is 0.370 e. The second-order valence-corrected chi connectivity index (χ2v) is 7.74. The summed E-state index contributed by atoms with van der Waals surface area (Å²) < 4.78 is 0. The minimum Gasteiger partial charge on any atom is -0.370 e. The minimum absolute atomic E-state index is 0. The van der Waals surface area contributed by atoms with Crippen LogP contribution in [0.3, 0.4) is 0 Å². The highest BCUT2D eigenvalue weighted by atomic mass is 35.5. The van der Waals surface area contributed by atoms with Crippen LogP contribution in [0.15, 0.2) is 30.5 Å². The van der Waals surface area contributed by atoms with E-state index in [9.17, 15) is 0 Å². The van der Waals surface area contributed by atoms with E-state index in [0.717, 1.165) is 43.3 Å². The fraction of sp³-hybridized carbons (Fsp3) is 0.500. The lowest BCUT2D eigenvalue weighted by atomic mass is 9.80. The standard InChI is InChI=1S/C18H23ClN4.2ClH/c1-22(2)11-18-10-20-8-13(18)9-23(12-18)17-5-6-21-16-7-14(19)3-4-15(16)17;;/h3-7,13,20H,8-12H2,1-2H3;2*1H. The van der Waals surface area contributed by atoms with Gasteiger partial charge in [0.05, 0.1) is 5.52 Å². The molecule has 2 saturated heterocycles. The molecule has 2 aliphatic heterocycles. The number of anilines is 1. The molecule has 0 aliphatic carbocycles. The van der Waals surface area contributed by atoms with Crippen molar-refractivity contribution in [2.45, 2.75) is 0 Å². The predicted octanol–water partition coefficient (Wildman–Crippen LogP) is 3.32. The first-order valence-corrected chi connectivity index (χ1v) is 8.60. The second kappa shape index (κ2) is 7.85. The van der Waals surface area contributed by atoms with Crippen LogP contribution in [0.25, 0.3) is 10.9 Å². The van der Waals surface area contributed by atoms with Crippen LogP contribution in [-0.4, -0.2) is 56.7 Å². The number of halogens is 3. The van der Waals surface area contributed by atoms with Crippen LogP contribution in [0, 0.1) is 11.3 Å². The molecule has 3 heterocycles. The van der Waals surface area contributed by atoms with Gasteiger partial charge in [-0.1, -0.05) is 11.6 Å². The summed E-state index contributed by atoms with van der Waals surface area (Å²) >= 11 is 6.12. The third-order valence-electron chi connectivity index (χ3n) is 5.33. The van der Waals surface area contributed by atoms with Gasteiger partial charge in [0.25, 0.3) is 0 Å². The van der Waals surface area contributed by atoms with Crippen LogP contribution < -0.4 is 10.2 Å². The molecular formula is C18H25Cl3N4. The van der Waals surface area contributed by atoms with E-state index in [1.54, 1.807) is 0 Å². The lowest BCUT2D eigenvalue weighted by Crippen LogP contribution is -2.41. The van der Waals surface area contributed by atoms with Gasteiger partial charge in [-0.3, -0.25) is 4.98 Å². The minimum atomic E-state index is 0. The molecule has 2 atom stereocenters. The van der Waals surface area contributed by atoms with Crippen molar-refractivity contribution in [1.29, 1.82) is 0 Å². The Morgan fingerprint density at radius 2 is 2.12 bits per heavy atom. The van der Waals surface area contributed by atoms with E-state index in [-0.39, 0.29) is 24.8 Å². The van der Waals surface area contributed by atoms with E-state index in [4.69, 9.17) is 11.6 Å². The van der Waals surface area contributed by atoms with Gasteiger partial charge in [0.15, 0.2) is 0 Å². The molecule has 4 nitrogen and oxygen atoms in total. The summed E-state index contributed by atoms with van der Waals surface area (Å²) in [6.07, 6.45) is 1.90. The molecule has 0 radical (unpaired) electrons. The highest BCUT2D eigenvalue weighted by Gasteiger charge is 2.49. The maximum absolute atomic E-state index is 6.12. The number of aromatic nitrogens is 1. The van der Waals surface area contributed by atoms with Gasteiger partial charge in [0.2, 0.25) is 0 Å². The Morgan fingerprint density at radius 3 is 2.88 bits per heavy atom. The third kappa shape index (κ3) is 3.69. The summed E-state index contributed by atoms with van der Waals surface area (Å²) in [6, 6.07) is 8.16. The summed E-state index contributed by atoms with van der Waals surface area (Å²) in [7, 11) is 4.35. The monoisotopic (exact) mass is 402 g/mol. The molecule has 138 valence electrons. The van der Waals surface area contributed by atoms with Crippen molar-refractivity contribution in [3.05, 3.63) is 35.5 Å². The molecule has 1 aromatic heterocycles. The molecule has 7 heteroatoms. The topological polar surface area (TPSA) is 31.4 Å². The highest BCUT2D eigenvalue weighted by molar-refractivity contribution is 6.31. The van der Waals surface area contributed by atoms with E-state index < -0.39 is 0 Å². The van der Waals surface area contributed by atoms with Gasteiger partial charge < -0.3 is 15.1 Å². The molecule has 2 aliphatic rings. The molecule has 2 fully saturated rings. The SMILES string of the molecule is CN(C)CC12CNCC1CN(c1ccnc3cc(Cl)ccc13)C2.Cl.Cl. The summed E-state index contributed by atoms with van der Waals surface area (Å²) in [5.74, 6) is 0.709. The Bertz CT molecular complexity index is 739. The lowest BCUT2D eigenvalue weighted by Gasteiger charge is -2.31. The van der Waals surface area contributed by atoms with Crippen LogP contribution in [-0.2, 0) is 0 Å². The number of nitrogens with one attached hydrogen (secondary N) is 1. The van der Waals surface area contributed by atoms with Crippen molar-refractivity contribution in [3.63, 3.8) is 0 Å². The molecule has 1 aromatic carbocycles. The fourth-order valence-corrected chi connectivity index (χ4v) is 4.61. The van der Waals surface area contributed by atoms with Gasteiger partial charge in [-0.25, -0.2) is 0 Å². The molecule has 1 N–H and O–H groups in total. The zero-order valence-corrected chi connectivity index (χ0v) is 16.9. The Labute approximate surface area is 166 Å². The number of fused-ring (bicyclic) bond motifs is 2. The van der Waals surface area contributed by atoms with Crippen molar-refractivity contribution < 1.29 is 0 Å².